The number of fused-ring (bicyclic) bond motifs is 1. The molecule has 0 aliphatic carbocycles. The van der Waals surface area contributed by atoms with Crippen LogP contribution in [0.2, 0.25) is 5.02 Å². The van der Waals surface area contributed by atoms with Gasteiger partial charge in [0.25, 0.3) is 5.56 Å². The van der Waals surface area contributed by atoms with Gasteiger partial charge in [0.1, 0.15) is 0 Å². The zero-order chi connectivity index (χ0) is 14.7. The molecule has 1 heterocycles. The number of allylic oxidation sites excluding steroid dienone is 1. The van der Waals surface area contributed by atoms with E-state index in [1.54, 1.807) is 28.8 Å². The highest BCUT2D eigenvalue weighted by molar-refractivity contribution is 7.99. The molecule has 0 unspecified atom stereocenters. The van der Waals surface area contributed by atoms with E-state index in [-0.39, 0.29) is 5.56 Å². The van der Waals surface area contributed by atoms with Gasteiger partial charge in [-0.3, -0.25) is 9.36 Å². The molecular weight excluding hydrogens is 292 g/mol. The van der Waals surface area contributed by atoms with Crippen LogP contribution in [0.5, 0.6) is 0 Å². The van der Waals surface area contributed by atoms with Crippen molar-refractivity contribution in [1.29, 1.82) is 0 Å². The van der Waals surface area contributed by atoms with Crippen LogP contribution in [0.25, 0.3) is 10.9 Å². The summed E-state index contributed by atoms with van der Waals surface area (Å²) < 4.78 is 1.62. The van der Waals surface area contributed by atoms with Gasteiger partial charge in [-0.15, -0.1) is 6.58 Å². The molecular formula is C15H15ClN2OS. The van der Waals surface area contributed by atoms with E-state index >= 15 is 0 Å². The standard InChI is InChI=1S/C15H15ClN2OS/c1-4-7-18-14(19)12-6-5-11(16)8-13(12)17-15(18)20-9-10(2)3/h4-6,8H,1-2,7,9H2,3H3. The maximum absolute atomic E-state index is 12.5. The van der Waals surface area contributed by atoms with Crippen molar-refractivity contribution in [3.8, 4) is 0 Å². The van der Waals surface area contributed by atoms with Crippen LogP contribution in [0.15, 0.2) is 53.0 Å². The Morgan fingerprint density at radius 2 is 2.30 bits per heavy atom. The number of rotatable bonds is 5. The number of hydrogen-bond donors (Lipinski definition) is 0. The van der Waals surface area contributed by atoms with Gasteiger partial charge in [-0.2, -0.15) is 0 Å². The molecule has 0 saturated heterocycles. The highest BCUT2D eigenvalue weighted by Crippen LogP contribution is 2.21. The molecule has 0 fully saturated rings. The fraction of sp³-hybridized carbons (Fsp3) is 0.200. The first kappa shape index (κ1) is 14.9. The van der Waals surface area contributed by atoms with Crippen LogP contribution in [0, 0.1) is 0 Å². The molecule has 0 bridgehead atoms. The molecule has 20 heavy (non-hydrogen) atoms. The van der Waals surface area contributed by atoms with E-state index in [9.17, 15) is 4.79 Å². The quantitative estimate of drug-likeness (QED) is 0.477. The minimum atomic E-state index is -0.0734. The van der Waals surface area contributed by atoms with Gasteiger partial charge in [-0.25, -0.2) is 4.98 Å². The second-order valence-electron chi connectivity index (χ2n) is 4.51. The summed E-state index contributed by atoms with van der Waals surface area (Å²) in [5, 5.41) is 1.80. The second-order valence-corrected chi connectivity index (χ2v) is 5.88. The van der Waals surface area contributed by atoms with Gasteiger partial charge in [-0.05, 0) is 25.1 Å². The smallest absolute Gasteiger partial charge is 0.262 e. The molecule has 1 aromatic heterocycles. The molecule has 0 radical (unpaired) electrons. The van der Waals surface area contributed by atoms with Crippen LogP contribution >= 0.6 is 23.4 Å². The third-order valence-corrected chi connectivity index (χ3v) is 4.08. The molecule has 2 aromatic rings. The topological polar surface area (TPSA) is 34.9 Å². The van der Waals surface area contributed by atoms with Crippen LogP contribution in [-0.4, -0.2) is 15.3 Å². The largest absolute Gasteiger partial charge is 0.283 e. The SMILES string of the molecule is C=CCn1c(SCC(=C)C)nc2cc(Cl)ccc2c1=O. The molecule has 0 amide bonds. The molecule has 1 aromatic carbocycles. The van der Waals surface area contributed by atoms with Crippen molar-refractivity contribution >= 4 is 34.3 Å². The van der Waals surface area contributed by atoms with Crippen LogP contribution in [0.3, 0.4) is 0 Å². The number of nitrogens with zero attached hydrogens (tertiary/aromatic N) is 2. The lowest BCUT2D eigenvalue weighted by molar-refractivity contribution is 0.672. The van der Waals surface area contributed by atoms with E-state index in [0.29, 0.717) is 27.6 Å². The average molecular weight is 307 g/mol. The first-order valence-electron chi connectivity index (χ1n) is 6.11. The molecule has 0 spiro atoms. The average Bonchev–Trinajstić information content (AvgIpc) is 2.39. The zero-order valence-corrected chi connectivity index (χ0v) is 12.8. The second kappa shape index (κ2) is 6.29. The fourth-order valence-corrected chi connectivity index (χ4v) is 2.78. The van der Waals surface area contributed by atoms with Crippen molar-refractivity contribution in [3.63, 3.8) is 0 Å². The van der Waals surface area contributed by atoms with Crippen LogP contribution < -0.4 is 5.56 Å². The Labute approximate surface area is 127 Å². The molecule has 0 N–H and O–H groups in total. The summed E-state index contributed by atoms with van der Waals surface area (Å²) in [5.41, 5.74) is 1.57. The minimum Gasteiger partial charge on any atom is -0.283 e. The number of halogens is 1. The molecule has 3 nitrogen and oxygen atoms in total. The van der Waals surface area contributed by atoms with Crippen molar-refractivity contribution in [2.24, 2.45) is 0 Å². The normalized spacial score (nSPS) is 10.7. The Kier molecular flexibility index (Phi) is 4.68. The summed E-state index contributed by atoms with van der Waals surface area (Å²) in [6.45, 7) is 9.94. The van der Waals surface area contributed by atoms with Gasteiger partial charge in [0.05, 0.1) is 10.9 Å². The predicted octanol–water partition coefficient (Wildman–Crippen LogP) is 3.90. The number of thioether (sulfide) groups is 1. The Hall–Kier alpha value is -1.52. The summed E-state index contributed by atoms with van der Waals surface area (Å²) in [5.74, 6) is 0.718. The van der Waals surface area contributed by atoms with Gasteiger partial charge >= 0.3 is 0 Å². The molecule has 0 atom stereocenters. The maximum Gasteiger partial charge on any atom is 0.262 e. The van der Waals surface area contributed by atoms with Gasteiger partial charge in [0.15, 0.2) is 5.16 Å². The molecule has 0 saturated carbocycles. The molecule has 2 rings (SSSR count). The Morgan fingerprint density at radius 1 is 1.55 bits per heavy atom. The van der Waals surface area contributed by atoms with Crippen molar-refractivity contribution in [2.45, 2.75) is 18.6 Å². The van der Waals surface area contributed by atoms with Crippen molar-refractivity contribution in [2.75, 3.05) is 5.75 Å². The van der Waals surface area contributed by atoms with Crippen molar-refractivity contribution in [1.82, 2.24) is 9.55 Å². The van der Waals surface area contributed by atoms with Gasteiger partial charge in [0.2, 0.25) is 0 Å². The third kappa shape index (κ3) is 3.14. The van der Waals surface area contributed by atoms with Gasteiger partial charge in [-0.1, -0.05) is 41.6 Å². The zero-order valence-electron chi connectivity index (χ0n) is 11.2. The Bertz CT molecular complexity index is 736. The van der Waals surface area contributed by atoms with E-state index in [4.69, 9.17) is 11.6 Å². The summed E-state index contributed by atoms with van der Waals surface area (Å²) in [6.07, 6.45) is 1.69. The summed E-state index contributed by atoms with van der Waals surface area (Å²) >= 11 is 7.46. The minimum absolute atomic E-state index is 0.0734. The first-order valence-corrected chi connectivity index (χ1v) is 7.47. The van der Waals surface area contributed by atoms with E-state index in [2.05, 4.69) is 18.1 Å². The van der Waals surface area contributed by atoms with Gasteiger partial charge < -0.3 is 0 Å². The van der Waals surface area contributed by atoms with Crippen LogP contribution in [0.1, 0.15) is 6.92 Å². The number of hydrogen-bond acceptors (Lipinski definition) is 3. The van der Waals surface area contributed by atoms with E-state index < -0.39 is 0 Å². The molecule has 104 valence electrons. The number of benzene rings is 1. The predicted molar refractivity (Wildman–Crippen MR) is 86.7 cm³/mol. The van der Waals surface area contributed by atoms with Gasteiger partial charge in [0, 0.05) is 17.3 Å². The lowest BCUT2D eigenvalue weighted by Crippen LogP contribution is -2.22. The lowest BCUT2D eigenvalue weighted by atomic mass is 10.2. The Balaban J connectivity index is 2.63. The van der Waals surface area contributed by atoms with E-state index in [1.807, 2.05) is 6.92 Å². The first-order chi connectivity index (χ1) is 9.52. The number of aromatic nitrogens is 2. The summed E-state index contributed by atoms with van der Waals surface area (Å²) in [6, 6.07) is 5.12. The molecule has 0 aliphatic heterocycles. The molecule has 0 aliphatic rings. The fourth-order valence-electron chi connectivity index (χ4n) is 1.76. The van der Waals surface area contributed by atoms with Crippen LogP contribution in [0.4, 0.5) is 0 Å². The van der Waals surface area contributed by atoms with E-state index in [0.717, 1.165) is 11.3 Å². The highest BCUT2D eigenvalue weighted by Gasteiger charge is 2.11. The molecule has 5 heteroatoms. The van der Waals surface area contributed by atoms with Crippen molar-refractivity contribution < 1.29 is 0 Å². The van der Waals surface area contributed by atoms with E-state index in [1.165, 1.54) is 11.8 Å². The third-order valence-electron chi connectivity index (χ3n) is 2.64. The lowest BCUT2D eigenvalue weighted by Gasteiger charge is -2.11. The van der Waals surface area contributed by atoms with Crippen molar-refractivity contribution in [3.05, 3.63) is 58.4 Å². The summed E-state index contributed by atoms with van der Waals surface area (Å²) in [4.78, 5) is 17.0. The summed E-state index contributed by atoms with van der Waals surface area (Å²) in [7, 11) is 0. The Morgan fingerprint density at radius 3 is 2.95 bits per heavy atom. The van der Waals surface area contributed by atoms with Crippen LogP contribution in [-0.2, 0) is 6.54 Å². The highest BCUT2D eigenvalue weighted by atomic mass is 35.5. The maximum atomic E-state index is 12.5. The monoisotopic (exact) mass is 306 g/mol.